The second-order valence-corrected chi connectivity index (χ2v) is 6.49. The Balaban J connectivity index is 1.64. The highest BCUT2D eigenvalue weighted by Gasteiger charge is 2.17. The van der Waals surface area contributed by atoms with E-state index < -0.39 is 5.82 Å². The van der Waals surface area contributed by atoms with Crippen LogP contribution in [0.5, 0.6) is 0 Å². The average Bonchev–Trinajstić information content (AvgIpc) is 3.31. The standard InChI is InChI=1S/C15H18BrFN6O3/c16-11-9-10(3-4-12(11)17)18-14(19-24)13-15(22-26-20-13)21-25-8-7-23-5-1-2-6-23/h3-4,9,24H,1-2,5-8H2,(H,18,19)(H,21,22). The van der Waals surface area contributed by atoms with Crippen molar-refractivity contribution in [3.8, 4) is 0 Å². The number of amidine groups is 1. The molecule has 0 bridgehead atoms. The van der Waals surface area contributed by atoms with E-state index in [4.69, 9.17) is 4.84 Å². The Morgan fingerprint density at radius 2 is 2.19 bits per heavy atom. The van der Waals surface area contributed by atoms with Gasteiger partial charge in [0.25, 0.3) is 0 Å². The van der Waals surface area contributed by atoms with Crippen LogP contribution in [0.3, 0.4) is 0 Å². The molecule has 0 saturated carbocycles. The molecule has 1 fully saturated rings. The maximum Gasteiger partial charge on any atom is 0.225 e. The highest BCUT2D eigenvalue weighted by molar-refractivity contribution is 9.10. The van der Waals surface area contributed by atoms with Crippen molar-refractivity contribution in [2.45, 2.75) is 12.8 Å². The van der Waals surface area contributed by atoms with Crippen LogP contribution in [0.1, 0.15) is 18.5 Å². The summed E-state index contributed by atoms with van der Waals surface area (Å²) >= 11 is 3.08. The van der Waals surface area contributed by atoms with Gasteiger partial charge in [-0.05, 0) is 70.4 Å². The van der Waals surface area contributed by atoms with Crippen molar-refractivity contribution >= 4 is 33.3 Å². The lowest BCUT2D eigenvalue weighted by Crippen LogP contribution is -2.26. The Morgan fingerprint density at radius 3 is 2.92 bits per heavy atom. The number of aliphatic imine (C=N–C) groups is 1. The van der Waals surface area contributed by atoms with Gasteiger partial charge in [0.2, 0.25) is 5.82 Å². The second-order valence-electron chi connectivity index (χ2n) is 5.63. The van der Waals surface area contributed by atoms with Crippen LogP contribution in [0.15, 0.2) is 32.3 Å². The number of rotatable bonds is 7. The number of halogens is 2. The number of aromatic nitrogens is 2. The molecule has 3 N–H and O–H groups in total. The monoisotopic (exact) mass is 428 g/mol. The maximum atomic E-state index is 13.3. The van der Waals surface area contributed by atoms with E-state index in [2.05, 4.69) is 46.2 Å². The molecule has 0 aliphatic carbocycles. The van der Waals surface area contributed by atoms with Gasteiger partial charge in [-0.25, -0.2) is 19.5 Å². The molecule has 0 amide bonds. The number of hydrogen-bond donors (Lipinski definition) is 3. The number of nitrogens with one attached hydrogen (secondary N) is 2. The quantitative estimate of drug-likeness (QED) is 0.267. The van der Waals surface area contributed by atoms with E-state index >= 15 is 0 Å². The van der Waals surface area contributed by atoms with Crippen molar-refractivity contribution < 1.29 is 19.1 Å². The Bertz CT molecular complexity index is 766. The second kappa shape index (κ2) is 9.03. The van der Waals surface area contributed by atoms with Crippen LogP contribution in [0.2, 0.25) is 0 Å². The van der Waals surface area contributed by atoms with Crippen molar-refractivity contribution in [3.63, 3.8) is 0 Å². The highest BCUT2D eigenvalue weighted by Crippen LogP contribution is 2.23. The van der Waals surface area contributed by atoms with E-state index in [0.29, 0.717) is 12.3 Å². The summed E-state index contributed by atoms with van der Waals surface area (Å²) < 4.78 is 18.2. The number of benzene rings is 1. The fourth-order valence-corrected chi connectivity index (χ4v) is 2.89. The molecule has 0 unspecified atom stereocenters. The van der Waals surface area contributed by atoms with Crippen LogP contribution in [0, 0.1) is 5.82 Å². The summed E-state index contributed by atoms with van der Waals surface area (Å²) in [5, 5.41) is 16.8. The molecule has 1 aromatic carbocycles. The smallest absolute Gasteiger partial charge is 0.225 e. The van der Waals surface area contributed by atoms with Crippen LogP contribution < -0.4 is 11.0 Å². The van der Waals surface area contributed by atoms with E-state index in [0.717, 1.165) is 19.6 Å². The summed E-state index contributed by atoms with van der Waals surface area (Å²) in [5.41, 5.74) is 5.09. The molecule has 9 nitrogen and oxygen atoms in total. The van der Waals surface area contributed by atoms with Gasteiger partial charge < -0.3 is 4.90 Å². The topological polar surface area (TPSA) is 108 Å². The third-order valence-corrected chi connectivity index (χ3v) is 4.45. The van der Waals surface area contributed by atoms with E-state index in [9.17, 15) is 9.60 Å². The number of hydrogen-bond acceptors (Lipinski definition) is 8. The van der Waals surface area contributed by atoms with Crippen LogP contribution in [-0.4, -0.2) is 52.5 Å². The molecular weight excluding hydrogens is 411 g/mol. The van der Waals surface area contributed by atoms with Gasteiger partial charge in [0.05, 0.1) is 16.8 Å². The van der Waals surface area contributed by atoms with Crippen molar-refractivity contribution in [2.24, 2.45) is 4.99 Å². The fraction of sp³-hybridized carbons (Fsp3) is 0.400. The van der Waals surface area contributed by atoms with E-state index in [1.807, 2.05) is 5.48 Å². The summed E-state index contributed by atoms with van der Waals surface area (Å²) in [6.45, 7) is 3.42. The summed E-state index contributed by atoms with van der Waals surface area (Å²) in [4.78, 5) is 11.9. The van der Waals surface area contributed by atoms with E-state index in [-0.39, 0.29) is 21.8 Å². The van der Waals surface area contributed by atoms with Gasteiger partial charge in [0, 0.05) is 6.54 Å². The molecule has 0 atom stereocenters. The van der Waals surface area contributed by atoms with E-state index in [1.165, 1.54) is 31.0 Å². The van der Waals surface area contributed by atoms with Gasteiger partial charge >= 0.3 is 0 Å². The molecule has 26 heavy (non-hydrogen) atoms. The lowest BCUT2D eigenvalue weighted by Gasteiger charge is -2.14. The minimum Gasteiger partial charge on any atom is -0.301 e. The summed E-state index contributed by atoms with van der Waals surface area (Å²) in [6.07, 6.45) is 2.43. The number of likely N-dealkylation sites (tertiary alicyclic amines) is 1. The SMILES string of the molecule is ONC(=Nc1ccc(F)c(Br)c1)c1nonc1NOCCN1CCCC1. The van der Waals surface area contributed by atoms with Crippen molar-refractivity contribution in [3.05, 3.63) is 34.2 Å². The summed E-state index contributed by atoms with van der Waals surface area (Å²) in [5.74, 6) is -0.289. The average molecular weight is 429 g/mol. The Labute approximate surface area is 157 Å². The molecule has 1 aliphatic heterocycles. The predicted molar refractivity (Wildman–Crippen MR) is 94.8 cm³/mol. The number of hydroxylamine groups is 1. The van der Waals surface area contributed by atoms with Crippen LogP contribution in [0.4, 0.5) is 15.9 Å². The molecule has 1 aromatic heterocycles. The molecule has 140 valence electrons. The molecule has 1 saturated heterocycles. The molecule has 0 radical (unpaired) electrons. The van der Waals surface area contributed by atoms with Crippen LogP contribution in [0.25, 0.3) is 0 Å². The van der Waals surface area contributed by atoms with Crippen molar-refractivity contribution in [2.75, 3.05) is 31.7 Å². The first kappa shape index (κ1) is 18.7. The number of nitrogens with zero attached hydrogens (tertiary/aromatic N) is 4. The highest BCUT2D eigenvalue weighted by atomic mass is 79.9. The summed E-state index contributed by atoms with van der Waals surface area (Å²) in [7, 11) is 0. The lowest BCUT2D eigenvalue weighted by atomic mass is 10.3. The first-order valence-electron chi connectivity index (χ1n) is 8.04. The zero-order chi connectivity index (χ0) is 18.4. The van der Waals surface area contributed by atoms with Crippen molar-refractivity contribution in [1.29, 1.82) is 0 Å². The van der Waals surface area contributed by atoms with Gasteiger partial charge in [-0.1, -0.05) is 0 Å². The third kappa shape index (κ3) is 4.75. The molecule has 3 rings (SSSR count). The normalized spacial score (nSPS) is 15.4. The summed E-state index contributed by atoms with van der Waals surface area (Å²) in [6, 6.07) is 4.16. The van der Waals surface area contributed by atoms with Gasteiger partial charge in [0.1, 0.15) is 5.82 Å². The fourth-order valence-electron chi connectivity index (χ4n) is 2.53. The first-order chi connectivity index (χ1) is 12.7. The zero-order valence-electron chi connectivity index (χ0n) is 13.8. The zero-order valence-corrected chi connectivity index (χ0v) is 15.4. The van der Waals surface area contributed by atoms with Crippen LogP contribution in [-0.2, 0) is 4.84 Å². The van der Waals surface area contributed by atoms with Crippen LogP contribution >= 0.6 is 15.9 Å². The number of anilines is 1. The Hall–Kier alpha value is -2.08. The van der Waals surface area contributed by atoms with Gasteiger partial charge in [-0.2, -0.15) is 0 Å². The molecule has 2 aromatic rings. The van der Waals surface area contributed by atoms with Gasteiger partial charge in [-0.15, -0.1) is 0 Å². The van der Waals surface area contributed by atoms with Gasteiger partial charge in [-0.3, -0.25) is 15.5 Å². The third-order valence-electron chi connectivity index (χ3n) is 3.84. The molecule has 11 heteroatoms. The molecule has 2 heterocycles. The lowest BCUT2D eigenvalue weighted by molar-refractivity contribution is 0.155. The molecule has 1 aliphatic rings. The minimum atomic E-state index is -0.417. The minimum absolute atomic E-state index is 0.0320. The first-order valence-corrected chi connectivity index (χ1v) is 8.83. The Kier molecular flexibility index (Phi) is 6.50. The van der Waals surface area contributed by atoms with Gasteiger partial charge in [0.15, 0.2) is 11.5 Å². The van der Waals surface area contributed by atoms with E-state index in [1.54, 1.807) is 0 Å². The Morgan fingerprint density at radius 1 is 1.38 bits per heavy atom. The van der Waals surface area contributed by atoms with Crippen molar-refractivity contribution in [1.82, 2.24) is 20.7 Å². The molecule has 0 spiro atoms. The largest absolute Gasteiger partial charge is 0.301 e. The maximum absolute atomic E-state index is 13.3. The predicted octanol–water partition coefficient (Wildman–Crippen LogP) is 2.47. The molecular formula is C15H18BrFN6O3.